The summed E-state index contributed by atoms with van der Waals surface area (Å²) in [5.74, 6) is 0. The number of rotatable bonds is 6. The van der Waals surface area contributed by atoms with E-state index in [2.05, 4.69) is 78.6 Å². The van der Waals surface area contributed by atoms with Gasteiger partial charge in [-0.2, -0.15) is 0 Å². The van der Waals surface area contributed by atoms with Gasteiger partial charge in [0.2, 0.25) is 6.41 Å². The molecule has 0 fully saturated rings. The van der Waals surface area contributed by atoms with E-state index in [1.54, 1.807) is 0 Å². The van der Waals surface area contributed by atoms with Gasteiger partial charge in [-0.1, -0.05) is 77.8 Å². The van der Waals surface area contributed by atoms with Crippen molar-refractivity contribution in [2.75, 3.05) is 6.54 Å². The molecule has 0 atom stereocenters. The largest absolute Gasteiger partial charge is 0.372 e. The minimum absolute atomic E-state index is 0.250. The second-order valence-corrected chi connectivity index (χ2v) is 6.69. The molecule has 0 unspecified atom stereocenters. The van der Waals surface area contributed by atoms with Gasteiger partial charge in [0.05, 0.1) is 0 Å². The van der Waals surface area contributed by atoms with Crippen LogP contribution in [0.25, 0.3) is 11.1 Å². The van der Waals surface area contributed by atoms with Crippen molar-refractivity contribution < 1.29 is 4.79 Å². The van der Waals surface area contributed by atoms with Crippen LogP contribution in [-0.2, 0) is 17.8 Å². The van der Waals surface area contributed by atoms with E-state index in [9.17, 15) is 0 Å². The van der Waals surface area contributed by atoms with Crippen molar-refractivity contribution in [1.82, 2.24) is 5.32 Å². The summed E-state index contributed by atoms with van der Waals surface area (Å²) in [5.41, 5.74) is 10.6. The molecule has 0 saturated carbocycles. The minimum atomic E-state index is 0.250. The zero-order valence-electron chi connectivity index (χ0n) is 15.5. The molecule has 0 heterocycles. The van der Waals surface area contributed by atoms with E-state index in [4.69, 9.17) is 16.4 Å². The number of carbonyl (C=O) groups excluding carboxylic acids is 1. The topological polar surface area (TPSA) is 55.1 Å². The molecule has 3 nitrogen and oxygen atoms in total. The van der Waals surface area contributed by atoms with Crippen LogP contribution in [0.2, 0.25) is 5.02 Å². The Labute approximate surface area is 166 Å². The van der Waals surface area contributed by atoms with Crippen LogP contribution in [0.3, 0.4) is 0 Å². The predicted molar refractivity (Wildman–Crippen MR) is 114 cm³/mol. The molecule has 0 aromatic heterocycles. The van der Waals surface area contributed by atoms with E-state index < -0.39 is 0 Å². The number of amides is 1. The molecular formula is C23H25ClN2O. The van der Waals surface area contributed by atoms with Crippen LogP contribution in [0.1, 0.15) is 16.7 Å². The third-order valence-electron chi connectivity index (χ3n) is 4.14. The summed E-state index contributed by atoms with van der Waals surface area (Å²) in [6.45, 7) is 3.98. The highest BCUT2D eigenvalue weighted by atomic mass is 35.5. The quantitative estimate of drug-likeness (QED) is 0.479. The maximum atomic E-state index is 8.58. The Morgan fingerprint density at radius 1 is 0.926 bits per heavy atom. The van der Waals surface area contributed by atoms with Gasteiger partial charge in [-0.15, -0.1) is 0 Å². The molecule has 1 amide bonds. The van der Waals surface area contributed by atoms with Gasteiger partial charge >= 0.3 is 0 Å². The van der Waals surface area contributed by atoms with Crippen molar-refractivity contribution >= 4 is 18.0 Å². The first-order chi connectivity index (χ1) is 13.1. The molecule has 3 N–H and O–H groups in total. The molecule has 27 heavy (non-hydrogen) atoms. The van der Waals surface area contributed by atoms with E-state index in [1.807, 2.05) is 12.1 Å². The maximum absolute atomic E-state index is 8.58. The number of nitrogens with one attached hydrogen (secondary N) is 1. The van der Waals surface area contributed by atoms with Crippen molar-refractivity contribution in [1.29, 1.82) is 0 Å². The Kier molecular flexibility index (Phi) is 8.56. The monoisotopic (exact) mass is 380 g/mol. The molecule has 0 bridgehead atoms. The second kappa shape index (κ2) is 11.2. The number of primary amides is 1. The lowest BCUT2D eigenvalue weighted by Gasteiger charge is -2.07. The van der Waals surface area contributed by atoms with Crippen LogP contribution in [0, 0.1) is 6.92 Å². The molecule has 0 spiro atoms. The molecule has 3 rings (SSSR count). The Balaban J connectivity index is 0.000000817. The lowest BCUT2D eigenvalue weighted by atomic mass is 10.0. The Morgan fingerprint density at radius 2 is 1.56 bits per heavy atom. The molecule has 4 heteroatoms. The van der Waals surface area contributed by atoms with Gasteiger partial charge in [-0.25, -0.2) is 0 Å². The molecular weight excluding hydrogens is 356 g/mol. The van der Waals surface area contributed by atoms with Gasteiger partial charge in [0, 0.05) is 11.6 Å². The van der Waals surface area contributed by atoms with Gasteiger partial charge < -0.3 is 11.1 Å². The van der Waals surface area contributed by atoms with Gasteiger partial charge in [0.15, 0.2) is 0 Å². The highest BCUT2D eigenvalue weighted by Gasteiger charge is 1.99. The van der Waals surface area contributed by atoms with E-state index in [-0.39, 0.29) is 6.41 Å². The van der Waals surface area contributed by atoms with Gasteiger partial charge in [0.25, 0.3) is 0 Å². The average molecular weight is 381 g/mol. The van der Waals surface area contributed by atoms with E-state index in [0.717, 1.165) is 24.5 Å². The lowest BCUT2D eigenvalue weighted by Crippen LogP contribution is -2.16. The molecule has 3 aromatic rings. The molecule has 3 aromatic carbocycles. The van der Waals surface area contributed by atoms with Gasteiger partial charge in [-0.05, 0) is 54.3 Å². The zero-order chi connectivity index (χ0) is 19.5. The number of hydrogen-bond donors (Lipinski definition) is 2. The number of hydrogen-bond acceptors (Lipinski definition) is 2. The van der Waals surface area contributed by atoms with Crippen LogP contribution in [0.4, 0.5) is 0 Å². The van der Waals surface area contributed by atoms with Crippen molar-refractivity contribution in [2.45, 2.75) is 19.9 Å². The van der Waals surface area contributed by atoms with Crippen molar-refractivity contribution in [3.63, 3.8) is 0 Å². The van der Waals surface area contributed by atoms with E-state index in [1.165, 1.54) is 27.8 Å². The fourth-order valence-corrected chi connectivity index (χ4v) is 2.88. The molecule has 0 saturated heterocycles. The summed E-state index contributed by atoms with van der Waals surface area (Å²) < 4.78 is 0. The van der Waals surface area contributed by atoms with Crippen LogP contribution < -0.4 is 11.1 Å². The van der Waals surface area contributed by atoms with Crippen LogP contribution >= 0.6 is 11.6 Å². The summed E-state index contributed by atoms with van der Waals surface area (Å²) in [5, 5.41) is 4.29. The summed E-state index contributed by atoms with van der Waals surface area (Å²) in [6.07, 6.45) is 1.26. The van der Waals surface area contributed by atoms with Gasteiger partial charge in [-0.3, -0.25) is 4.79 Å². The molecule has 140 valence electrons. The summed E-state index contributed by atoms with van der Waals surface area (Å²) in [6, 6.07) is 25.5. The van der Waals surface area contributed by atoms with Crippen molar-refractivity contribution in [2.24, 2.45) is 5.73 Å². The fourth-order valence-electron chi connectivity index (χ4n) is 2.76. The van der Waals surface area contributed by atoms with Crippen molar-refractivity contribution in [3.8, 4) is 11.1 Å². The van der Waals surface area contributed by atoms with E-state index >= 15 is 0 Å². The minimum Gasteiger partial charge on any atom is -0.372 e. The van der Waals surface area contributed by atoms with Crippen LogP contribution in [0.15, 0.2) is 72.8 Å². The molecule has 0 aliphatic heterocycles. The third-order valence-corrected chi connectivity index (χ3v) is 4.39. The average Bonchev–Trinajstić information content (AvgIpc) is 2.68. The predicted octanol–water partition coefficient (Wildman–Crippen LogP) is 4.75. The molecule has 0 aliphatic carbocycles. The first-order valence-corrected chi connectivity index (χ1v) is 9.26. The first-order valence-electron chi connectivity index (χ1n) is 8.89. The number of nitrogens with two attached hydrogens (primary N) is 1. The highest BCUT2D eigenvalue weighted by molar-refractivity contribution is 6.30. The standard InChI is InChI=1S/C22H22ClN.CH3NO/c1-17-3-2-4-21(15-17)20-9-5-19(6-10-20)16-24-14-13-18-7-11-22(23)12-8-18;2-1-3/h2-12,15,24H,13-14,16H2,1H3;1H,(H2,2,3). The Morgan fingerprint density at radius 3 is 2.19 bits per heavy atom. The summed E-state index contributed by atoms with van der Waals surface area (Å²) in [4.78, 5) is 8.58. The Bertz CT molecular complexity index is 830. The molecule has 0 radical (unpaired) electrons. The van der Waals surface area contributed by atoms with Gasteiger partial charge in [0.1, 0.15) is 0 Å². The van der Waals surface area contributed by atoms with E-state index in [0.29, 0.717) is 0 Å². The highest BCUT2D eigenvalue weighted by Crippen LogP contribution is 2.20. The maximum Gasteiger partial charge on any atom is 0.204 e. The Hall–Kier alpha value is -2.62. The number of carbonyl (C=O) groups is 1. The zero-order valence-corrected chi connectivity index (χ0v) is 16.2. The first kappa shape index (κ1) is 20.7. The molecule has 0 aliphatic rings. The smallest absolute Gasteiger partial charge is 0.204 e. The SMILES string of the molecule is Cc1cccc(-c2ccc(CNCCc3ccc(Cl)cc3)cc2)c1.NC=O. The number of halogens is 1. The normalized spacial score (nSPS) is 10.0. The lowest BCUT2D eigenvalue weighted by molar-refractivity contribution is -0.106. The number of benzene rings is 3. The van der Waals surface area contributed by atoms with Crippen molar-refractivity contribution in [3.05, 3.63) is 94.5 Å². The third kappa shape index (κ3) is 7.26. The summed E-state index contributed by atoms with van der Waals surface area (Å²) >= 11 is 5.90. The second-order valence-electron chi connectivity index (χ2n) is 6.26. The van der Waals surface area contributed by atoms with Crippen LogP contribution in [-0.4, -0.2) is 13.0 Å². The fraction of sp³-hybridized carbons (Fsp3) is 0.174. The summed E-state index contributed by atoms with van der Waals surface area (Å²) in [7, 11) is 0. The number of aryl methyl sites for hydroxylation is 1. The van der Waals surface area contributed by atoms with Crippen LogP contribution in [0.5, 0.6) is 0 Å².